The second-order valence-electron chi connectivity index (χ2n) is 6.96. The summed E-state index contributed by atoms with van der Waals surface area (Å²) in [6.45, 7) is 3.90. The lowest BCUT2D eigenvalue weighted by Gasteiger charge is -2.41. The molecule has 1 aromatic carbocycles. The minimum absolute atomic E-state index is 0.137. The lowest BCUT2D eigenvalue weighted by Crippen LogP contribution is -2.44. The largest absolute Gasteiger partial charge is 0.496 e. The summed E-state index contributed by atoms with van der Waals surface area (Å²) >= 11 is 0. The Kier molecular flexibility index (Phi) is 5.04. The summed E-state index contributed by atoms with van der Waals surface area (Å²) in [6, 6.07) is 6.02. The Balaban J connectivity index is 1.66. The number of aryl methyl sites for hydroxylation is 1. The zero-order chi connectivity index (χ0) is 16.2. The molecule has 0 radical (unpaired) electrons. The third-order valence-corrected chi connectivity index (χ3v) is 5.39. The molecule has 2 atom stereocenters. The Bertz CT molecular complexity index is 593. The van der Waals surface area contributed by atoms with Gasteiger partial charge in [-0.1, -0.05) is 30.9 Å². The van der Waals surface area contributed by atoms with Crippen LogP contribution in [0.1, 0.15) is 43.2 Å². The average Bonchev–Trinajstić information content (AvgIpc) is 2.59. The Hall–Kier alpha value is -1.77. The van der Waals surface area contributed by atoms with Gasteiger partial charge in [0.25, 0.3) is 0 Å². The molecule has 2 fully saturated rings. The number of hydrogen-bond donors (Lipinski definition) is 0. The van der Waals surface area contributed by atoms with Crippen molar-refractivity contribution in [2.45, 2.75) is 39.0 Å². The zero-order valence-electron chi connectivity index (χ0n) is 14.3. The molecule has 1 aromatic rings. The molecule has 1 heterocycles. The number of amides is 1. The fourth-order valence-corrected chi connectivity index (χ4v) is 4.05. The summed E-state index contributed by atoms with van der Waals surface area (Å²) in [5.41, 5.74) is 2.13. The lowest BCUT2D eigenvalue weighted by atomic mass is 9.75. The number of piperidine rings is 1. The van der Waals surface area contributed by atoms with Gasteiger partial charge in [-0.05, 0) is 49.8 Å². The normalized spacial score (nSPS) is 24.5. The summed E-state index contributed by atoms with van der Waals surface area (Å²) in [4.78, 5) is 14.6. The monoisotopic (exact) mass is 313 g/mol. The summed E-state index contributed by atoms with van der Waals surface area (Å²) in [5.74, 6) is 2.53. The predicted molar refractivity (Wildman–Crippen MR) is 93.4 cm³/mol. The first-order valence-corrected chi connectivity index (χ1v) is 8.79. The Morgan fingerprint density at radius 1 is 1.22 bits per heavy atom. The number of benzene rings is 1. The van der Waals surface area contributed by atoms with Crippen LogP contribution in [0.2, 0.25) is 0 Å². The fraction of sp³-hybridized carbons (Fsp3) is 0.550. The first-order chi connectivity index (χ1) is 11.2. The van der Waals surface area contributed by atoms with E-state index in [0.29, 0.717) is 0 Å². The summed E-state index contributed by atoms with van der Waals surface area (Å²) in [6.07, 6.45) is 10.1. The Morgan fingerprint density at radius 2 is 2.00 bits per heavy atom. The molecule has 0 spiro atoms. The molecule has 1 amide bonds. The minimum Gasteiger partial charge on any atom is -0.496 e. The van der Waals surface area contributed by atoms with E-state index < -0.39 is 0 Å². The topological polar surface area (TPSA) is 29.5 Å². The van der Waals surface area contributed by atoms with E-state index in [2.05, 4.69) is 6.07 Å². The van der Waals surface area contributed by atoms with Crippen molar-refractivity contribution in [1.29, 1.82) is 0 Å². The molecule has 1 aliphatic carbocycles. The molecular weight excluding hydrogens is 286 g/mol. The highest BCUT2D eigenvalue weighted by atomic mass is 16.5. The molecule has 0 N–H and O–H groups in total. The van der Waals surface area contributed by atoms with Crippen molar-refractivity contribution in [3.63, 3.8) is 0 Å². The predicted octanol–water partition coefficient (Wildman–Crippen LogP) is 4.06. The maximum atomic E-state index is 12.5. The van der Waals surface area contributed by atoms with Crippen molar-refractivity contribution in [2.24, 2.45) is 11.8 Å². The van der Waals surface area contributed by atoms with Gasteiger partial charge >= 0.3 is 0 Å². The van der Waals surface area contributed by atoms with Gasteiger partial charge in [0.05, 0.1) is 7.11 Å². The third kappa shape index (κ3) is 3.77. The van der Waals surface area contributed by atoms with E-state index >= 15 is 0 Å². The van der Waals surface area contributed by atoms with Gasteiger partial charge in [-0.2, -0.15) is 0 Å². The Labute approximate surface area is 139 Å². The van der Waals surface area contributed by atoms with Gasteiger partial charge in [0, 0.05) is 24.7 Å². The van der Waals surface area contributed by atoms with Crippen molar-refractivity contribution in [3.8, 4) is 5.75 Å². The molecule has 1 saturated carbocycles. The zero-order valence-corrected chi connectivity index (χ0v) is 14.3. The van der Waals surface area contributed by atoms with Crippen LogP contribution in [0, 0.1) is 18.8 Å². The number of hydrogen-bond acceptors (Lipinski definition) is 2. The molecule has 2 aliphatic rings. The van der Waals surface area contributed by atoms with Gasteiger partial charge in [-0.3, -0.25) is 4.79 Å². The number of likely N-dealkylation sites (tertiary alicyclic amines) is 1. The highest BCUT2D eigenvalue weighted by Crippen LogP contribution is 2.36. The van der Waals surface area contributed by atoms with Crippen molar-refractivity contribution in [2.75, 3.05) is 20.2 Å². The molecule has 0 aromatic heterocycles. The quantitative estimate of drug-likeness (QED) is 0.788. The van der Waals surface area contributed by atoms with Crippen LogP contribution in [0.4, 0.5) is 0 Å². The van der Waals surface area contributed by atoms with Crippen LogP contribution >= 0.6 is 0 Å². The Morgan fingerprint density at radius 3 is 2.78 bits per heavy atom. The number of ether oxygens (including phenoxy) is 1. The van der Waals surface area contributed by atoms with Crippen LogP contribution in [0.25, 0.3) is 6.08 Å². The van der Waals surface area contributed by atoms with Crippen LogP contribution in [-0.2, 0) is 4.79 Å². The van der Waals surface area contributed by atoms with Crippen LogP contribution < -0.4 is 4.74 Å². The number of carbonyl (C=O) groups excluding carboxylic acids is 1. The minimum atomic E-state index is 0.137. The van der Waals surface area contributed by atoms with Crippen molar-refractivity contribution < 1.29 is 9.53 Å². The van der Waals surface area contributed by atoms with Gasteiger partial charge < -0.3 is 9.64 Å². The second kappa shape index (κ2) is 7.20. The summed E-state index contributed by atoms with van der Waals surface area (Å²) in [5, 5.41) is 0. The number of carbonyl (C=O) groups is 1. The van der Waals surface area contributed by atoms with Crippen LogP contribution in [0.3, 0.4) is 0 Å². The lowest BCUT2D eigenvalue weighted by molar-refractivity contribution is -0.128. The van der Waals surface area contributed by atoms with Crippen molar-refractivity contribution in [1.82, 2.24) is 4.90 Å². The summed E-state index contributed by atoms with van der Waals surface area (Å²) in [7, 11) is 1.66. The number of fused-ring (bicyclic) bond motifs is 1. The highest BCUT2D eigenvalue weighted by Gasteiger charge is 2.32. The van der Waals surface area contributed by atoms with Crippen molar-refractivity contribution in [3.05, 3.63) is 35.4 Å². The van der Waals surface area contributed by atoms with Gasteiger partial charge in [0.15, 0.2) is 0 Å². The van der Waals surface area contributed by atoms with E-state index in [4.69, 9.17) is 4.74 Å². The molecule has 0 unspecified atom stereocenters. The van der Waals surface area contributed by atoms with E-state index in [0.717, 1.165) is 36.2 Å². The van der Waals surface area contributed by atoms with Gasteiger partial charge in [0.2, 0.25) is 5.91 Å². The van der Waals surface area contributed by atoms with Gasteiger partial charge in [0.1, 0.15) is 5.75 Å². The molecule has 23 heavy (non-hydrogen) atoms. The maximum Gasteiger partial charge on any atom is 0.246 e. The number of nitrogens with zero attached hydrogens (tertiary/aromatic N) is 1. The third-order valence-electron chi connectivity index (χ3n) is 5.39. The second-order valence-corrected chi connectivity index (χ2v) is 6.96. The molecule has 3 rings (SSSR count). The van der Waals surface area contributed by atoms with Crippen LogP contribution in [0.15, 0.2) is 24.3 Å². The first kappa shape index (κ1) is 16.1. The SMILES string of the molecule is COc1ccc(C)cc1/C=C/C(=O)N1CC[C@H]2CCCC[C@@H]2C1. The van der Waals surface area contributed by atoms with Crippen LogP contribution in [0.5, 0.6) is 5.75 Å². The van der Waals surface area contributed by atoms with Crippen molar-refractivity contribution >= 4 is 12.0 Å². The highest BCUT2D eigenvalue weighted by molar-refractivity contribution is 5.92. The molecule has 3 nitrogen and oxygen atoms in total. The van der Waals surface area contributed by atoms with E-state index in [-0.39, 0.29) is 5.91 Å². The van der Waals surface area contributed by atoms with Gasteiger partial charge in [-0.15, -0.1) is 0 Å². The van der Waals surface area contributed by atoms with E-state index in [9.17, 15) is 4.79 Å². The standard InChI is InChI=1S/C20H27NO2/c1-15-7-9-19(23-2)17(13-15)8-10-20(22)21-12-11-16-5-3-4-6-18(16)14-21/h7-10,13,16,18H,3-6,11-12,14H2,1-2H3/b10-8+/t16-,18-/m1/s1. The molecule has 124 valence electrons. The van der Waals surface area contributed by atoms with E-state index in [1.807, 2.05) is 30.0 Å². The molecular formula is C20H27NO2. The van der Waals surface area contributed by atoms with Gasteiger partial charge in [-0.25, -0.2) is 0 Å². The summed E-state index contributed by atoms with van der Waals surface area (Å²) < 4.78 is 5.37. The number of methoxy groups -OCH3 is 1. The average molecular weight is 313 g/mol. The first-order valence-electron chi connectivity index (χ1n) is 8.79. The molecule has 1 aliphatic heterocycles. The van der Waals surface area contributed by atoms with E-state index in [1.54, 1.807) is 13.2 Å². The number of rotatable bonds is 3. The van der Waals surface area contributed by atoms with Crippen LogP contribution in [-0.4, -0.2) is 31.0 Å². The molecule has 3 heteroatoms. The van der Waals surface area contributed by atoms with E-state index in [1.165, 1.54) is 37.7 Å². The molecule has 0 bridgehead atoms. The molecule has 1 saturated heterocycles. The fourth-order valence-electron chi connectivity index (χ4n) is 4.05. The maximum absolute atomic E-state index is 12.5. The smallest absolute Gasteiger partial charge is 0.246 e.